The Morgan fingerprint density at radius 3 is 2.61 bits per heavy atom. The van der Waals surface area contributed by atoms with Crippen molar-refractivity contribution in [3.8, 4) is 0 Å². The van der Waals surface area contributed by atoms with E-state index in [1.807, 2.05) is 4.68 Å². The summed E-state index contributed by atoms with van der Waals surface area (Å²) in [5.41, 5.74) is 2.51. The van der Waals surface area contributed by atoms with E-state index < -0.39 is 0 Å². The van der Waals surface area contributed by atoms with E-state index in [1.165, 1.54) is 35.1 Å². The van der Waals surface area contributed by atoms with E-state index in [-0.39, 0.29) is 0 Å². The smallest absolute Gasteiger partial charge is 0.0766 e. The van der Waals surface area contributed by atoms with Crippen LogP contribution in [-0.2, 0) is 19.9 Å². The lowest BCUT2D eigenvalue weighted by Gasteiger charge is -2.34. The monoisotopic (exact) mass is 313 g/mol. The van der Waals surface area contributed by atoms with Gasteiger partial charge in [-0.1, -0.05) is 20.3 Å². The number of rotatable bonds is 6. The summed E-state index contributed by atoms with van der Waals surface area (Å²) in [5.74, 6) is 0.858. The Morgan fingerprint density at radius 2 is 2.17 bits per heavy atom. The Hall–Kier alpha value is -0.350. The van der Waals surface area contributed by atoms with Gasteiger partial charge >= 0.3 is 0 Å². The van der Waals surface area contributed by atoms with Gasteiger partial charge in [0.05, 0.1) is 15.9 Å². The van der Waals surface area contributed by atoms with Crippen LogP contribution < -0.4 is 5.32 Å². The number of aromatic nitrogens is 2. The summed E-state index contributed by atoms with van der Waals surface area (Å²) in [7, 11) is 2.06. The number of halogens is 1. The molecule has 1 aliphatic rings. The van der Waals surface area contributed by atoms with Crippen LogP contribution in [0, 0.1) is 5.92 Å². The van der Waals surface area contributed by atoms with Crippen molar-refractivity contribution in [2.45, 2.75) is 52.0 Å². The van der Waals surface area contributed by atoms with E-state index in [0.29, 0.717) is 6.04 Å². The van der Waals surface area contributed by atoms with Gasteiger partial charge in [0.1, 0.15) is 0 Å². The van der Waals surface area contributed by atoms with Crippen molar-refractivity contribution in [1.82, 2.24) is 15.1 Å². The van der Waals surface area contributed by atoms with Gasteiger partial charge in [0, 0.05) is 19.5 Å². The molecular formula is C14H24BrN3. The molecule has 1 fully saturated rings. The van der Waals surface area contributed by atoms with Crippen molar-refractivity contribution in [3.63, 3.8) is 0 Å². The molecule has 3 nitrogen and oxygen atoms in total. The van der Waals surface area contributed by atoms with Gasteiger partial charge in [0.2, 0.25) is 0 Å². The largest absolute Gasteiger partial charge is 0.314 e. The maximum Gasteiger partial charge on any atom is 0.0766 e. The van der Waals surface area contributed by atoms with Crippen molar-refractivity contribution in [2.75, 3.05) is 6.54 Å². The average molecular weight is 314 g/mol. The molecule has 1 aromatic rings. The zero-order valence-electron chi connectivity index (χ0n) is 11.7. The molecule has 1 aliphatic carbocycles. The number of nitrogens with one attached hydrogen (secondary N) is 1. The van der Waals surface area contributed by atoms with Crippen molar-refractivity contribution in [3.05, 3.63) is 15.9 Å². The van der Waals surface area contributed by atoms with Crippen molar-refractivity contribution in [1.29, 1.82) is 0 Å². The van der Waals surface area contributed by atoms with Gasteiger partial charge in [-0.25, -0.2) is 0 Å². The van der Waals surface area contributed by atoms with Crippen LogP contribution in [0.5, 0.6) is 0 Å². The summed E-state index contributed by atoms with van der Waals surface area (Å²) in [5, 5.41) is 8.24. The van der Waals surface area contributed by atoms with E-state index in [0.717, 1.165) is 25.3 Å². The minimum absolute atomic E-state index is 0.611. The second-order valence-corrected chi connectivity index (χ2v) is 6.04. The normalized spacial score (nSPS) is 17.8. The Morgan fingerprint density at radius 1 is 1.44 bits per heavy atom. The third-order valence-corrected chi connectivity index (χ3v) is 5.02. The molecule has 1 unspecified atom stereocenters. The lowest BCUT2D eigenvalue weighted by atomic mass is 9.78. The number of aryl methyl sites for hydroxylation is 2. The summed E-state index contributed by atoms with van der Waals surface area (Å²) >= 11 is 3.72. The zero-order valence-corrected chi connectivity index (χ0v) is 13.3. The lowest BCUT2D eigenvalue weighted by Crippen LogP contribution is -2.41. The molecule has 0 aliphatic heterocycles. The Balaban J connectivity index is 2.12. The average Bonchev–Trinajstić information content (AvgIpc) is 2.54. The van der Waals surface area contributed by atoms with Crippen LogP contribution in [0.2, 0.25) is 0 Å². The molecule has 1 saturated carbocycles. The van der Waals surface area contributed by atoms with Crippen LogP contribution >= 0.6 is 15.9 Å². The molecule has 1 aromatic heterocycles. The quantitative estimate of drug-likeness (QED) is 0.874. The SMILES string of the molecule is CCNC(Cc1c(Br)c(CC)nn1C)C1CCC1. The van der Waals surface area contributed by atoms with E-state index in [4.69, 9.17) is 0 Å². The molecule has 0 amide bonds. The van der Waals surface area contributed by atoms with E-state index in [1.54, 1.807) is 0 Å². The second-order valence-electron chi connectivity index (χ2n) is 5.24. The van der Waals surface area contributed by atoms with Gasteiger partial charge in [-0.15, -0.1) is 0 Å². The Labute approximate surface area is 118 Å². The van der Waals surface area contributed by atoms with Gasteiger partial charge in [-0.05, 0) is 47.7 Å². The molecule has 0 aromatic carbocycles. The topological polar surface area (TPSA) is 29.9 Å². The molecular weight excluding hydrogens is 290 g/mol. The molecule has 1 heterocycles. The molecule has 1 N–H and O–H groups in total. The molecule has 102 valence electrons. The molecule has 1 atom stereocenters. The fraction of sp³-hybridized carbons (Fsp3) is 0.786. The predicted octanol–water partition coefficient (Wildman–Crippen LogP) is 3.07. The highest BCUT2D eigenvalue weighted by Crippen LogP contribution is 2.32. The van der Waals surface area contributed by atoms with Gasteiger partial charge < -0.3 is 5.32 Å². The Kier molecular flexibility index (Phi) is 4.84. The van der Waals surface area contributed by atoms with Crippen LogP contribution in [0.3, 0.4) is 0 Å². The summed E-state index contributed by atoms with van der Waals surface area (Å²) < 4.78 is 3.26. The first-order valence-corrected chi connectivity index (χ1v) is 7.90. The van der Waals surface area contributed by atoms with Crippen LogP contribution in [-0.4, -0.2) is 22.4 Å². The van der Waals surface area contributed by atoms with Gasteiger partial charge in [0.25, 0.3) is 0 Å². The van der Waals surface area contributed by atoms with Gasteiger partial charge in [-0.3, -0.25) is 4.68 Å². The first-order valence-electron chi connectivity index (χ1n) is 7.11. The zero-order chi connectivity index (χ0) is 13.1. The summed E-state index contributed by atoms with van der Waals surface area (Å²) in [6.45, 7) is 5.41. The van der Waals surface area contributed by atoms with Crippen LogP contribution in [0.4, 0.5) is 0 Å². The third-order valence-electron chi connectivity index (χ3n) is 4.10. The van der Waals surface area contributed by atoms with Crippen LogP contribution in [0.15, 0.2) is 4.47 Å². The van der Waals surface area contributed by atoms with Gasteiger partial charge in [0.15, 0.2) is 0 Å². The first-order chi connectivity index (χ1) is 8.67. The number of likely N-dealkylation sites (N-methyl/N-ethyl adjacent to an activating group) is 1. The third kappa shape index (κ3) is 2.80. The van der Waals surface area contributed by atoms with E-state index in [9.17, 15) is 0 Å². The van der Waals surface area contributed by atoms with E-state index in [2.05, 4.69) is 47.2 Å². The molecule has 0 spiro atoms. The lowest BCUT2D eigenvalue weighted by molar-refractivity contribution is 0.227. The van der Waals surface area contributed by atoms with Crippen molar-refractivity contribution < 1.29 is 0 Å². The highest BCUT2D eigenvalue weighted by molar-refractivity contribution is 9.10. The fourth-order valence-electron chi connectivity index (χ4n) is 2.76. The first kappa shape index (κ1) is 14.1. The summed E-state index contributed by atoms with van der Waals surface area (Å²) in [4.78, 5) is 0. The highest BCUT2D eigenvalue weighted by Gasteiger charge is 2.28. The van der Waals surface area contributed by atoms with Crippen LogP contribution in [0.1, 0.15) is 44.5 Å². The molecule has 18 heavy (non-hydrogen) atoms. The second kappa shape index (κ2) is 6.20. The molecule has 0 saturated heterocycles. The van der Waals surface area contributed by atoms with E-state index >= 15 is 0 Å². The maximum atomic E-state index is 4.59. The summed E-state index contributed by atoms with van der Waals surface area (Å²) in [6.07, 6.45) is 6.24. The molecule has 2 rings (SSSR count). The number of hydrogen-bond donors (Lipinski definition) is 1. The molecule has 4 heteroatoms. The standard InChI is InChI=1S/C14H24BrN3/c1-4-11-14(15)13(18(3)17-11)9-12(16-5-2)10-7-6-8-10/h10,12,16H,4-9H2,1-3H3. The van der Waals surface area contributed by atoms with Crippen LogP contribution in [0.25, 0.3) is 0 Å². The minimum Gasteiger partial charge on any atom is -0.314 e. The minimum atomic E-state index is 0.611. The molecule has 0 radical (unpaired) electrons. The van der Waals surface area contributed by atoms with Gasteiger partial charge in [-0.2, -0.15) is 5.10 Å². The van der Waals surface area contributed by atoms with Crippen molar-refractivity contribution in [2.24, 2.45) is 13.0 Å². The number of hydrogen-bond acceptors (Lipinski definition) is 2. The fourth-order valence-corrected chi connectivity index (χ4v) is 3.54. The Bertz CT molecular complexity index is 396. The number of nitrogens with zero attached hydrogens (tertiary/aromatic N) is 2. The van der Waals surface area contributed by atoms with Crippen molar-refractivity contribution >= 4 is 15.9 Å². The predicted molar refractivity (Wildman–Crippen MR) is 78.8 cm³/mol. The molecule has 0 bridgehead atoms. The highest BCUT2D eigenvalue weighted by atomic mass is 79.9. The summed E-state index contributed by atoms with van der Waals surface area (Å²) in [6, 6.07) is 0.611. The maximum absolute atomic E-state index is 4.59.